The standard InChI is InChI=1S/C8H14ClN3O2/c9-7(6(10)8(13)14)12(11)5-3-1-2-4-5/h5H,1-4,10-11H2,(H,13,14)/b7-6-. The van der Waals surface area contributed by atoms with Crippen LogP contribution < -0.4 is 11.6 Å². The maximum Gasteiger partial charge on any atom is 0.354 e. The molecule has 0 radical (unpaired) electrons. The summed E-state index contributed by atoms with van der Waals surface area (Å²) < 4.78 is 0. The molecule has 5 N–H and O–H groups in total. The first-order chi connectivity index (χ1) is 6.54. The normalized spacial score (nSPS) is 19.3. The largest absolute Gasteiger partial charge is 0.476 e. The minimum Gasteiger partial charge on any atom is -0.476 e. The molecule has 1 aliphatic carbocycles. The van der Waals surface area contributed by atoms with Crippen LogP contribution in [0.15, 0.2) is 10.9 Å². The Morgan fingerprint density at radius 2 is 1.93 bits per heavy atom. The molecule has 0 heterocycles. The highest BCUT2D eigenvalue weighted by Gasteiger charge is 2.24. The van der Waals surface area contributed by atoms with Gasteiger partial charge in [0.25, 0.3) is 0 Å². The molecular formula is C8H14ClN3O2. The second kappa shape index (κ2) is 4.52. The third-order valence-corrected chi connectivity index (χ3v) is 2.80. The Morgan fingerprint density at radius 1 is 1.43 bits per heavy atom. The number of nitrogens with zero attached hydrogens (tertiary/aromatic N) is 1. The monoisotopic (exact) mass is 219 g/mol. The van der Waals surface area contributed by atoms with Gasteiger partial charge in [-0.3, -0.25) is 5.01 Å². The number of carboxylic acid groups (broad SMARTS) is 1. The number of nitrogens with two attached hydrogens (primary N) is 2. The molecule has 0 unspecified atom stereocenters. The molecule has 1 fully saturated rings. The second-order valence-corrected chi connectivity index (χ2v) is 3.71. The fourth-order valence-corrected chi connectivity index (χ4v) is 1.79. The van der Waals surface area contributed by atoms with Crippen LogP contribution in [0.5, 0.6) is 0 Å². The van der Waals surface area contributed by atoms with E-state index in [9.17, 15) is 4.79 Å². The molecule has 6 heteroatoms. The van der Waals surface area contributed by atoms with E-state index in [0.717, 1.165) is 25.7 Å². The summed E-state index contributed by atoms with van der Waals surface area (Å²) >= 11 is 5.73. The minimum atomic E-state index is -1.25. The third kappa shape index (κ3) is 2.30. The van der Waals surface area contributed by atoms with Crippen molar-refractivity contribution in [2.75, 3.05) is 0 Å². The van der Waals surface area contributed by atoms with Crippen molar-refractivity contribution in [2.24, 2.45) is 11.6 Å². The molecule has 0 aliphatic heterocycles. The number of hydrogen-bond acceptors (Lipinski definition) is 4. The zero-order valence-corrected chi connectivity index (χ0v) is 8.50. The van der Waals surface area contributed by atoms with Crippen LogP contribution in [0.2, 0.25) is 0 Å². The van der Waals surface area contributed by atoms with Gasteiger partial charge in [0.15, 0.2) is 5.70 Å². The molecule has 14 heavy (non-hydrogen) atoms. The smallest absolute Gasteiger partial charge is 0.354 e. The average Bonchev–Trinajstić information content (AvgIpc) is 2.67. The van der Waals surface area contributed by atoms with Gasteiger partial charge in [-0.15, -0.1) is 0 Å². The molecule has 0 spiro atoms. The third-order valence-electron chi connectivity index (χ3n) is 2.40. The Kier molecular flexibility index (Phi) is 3.60. The highest BCUT2D eigenvalue weighted by atomic mass is 35.5. The molecule has 0 aromatic rings. The first-order valence-corrected chi connectivity index (χ1v) is 4.84. The fourth-order valence-electron chi connectivity index (χ4n) is 1.57. The molecular weight excluding hydrogens is 206 g/mol. The Labute approximate surface area is 87.3 Å². The molecule has 0 saturated heterocycles. The van der Waals surface area contributed by atoms with Crippen LogP contribution in [0.25, 0.3) is 0 Å². The van der Waals surface area contributed by atoms with E-state index in [-0.39, 0.29) is 11.2 Å². The highest BCUT2D eigenvalue weighted by Crippen LogP contribution is 2.25. The molecule has 80 valence electrons. The Hall–Kier alpha value is -0.940. The lowest BCUT2D eigenvalue weighted by atomic mass is 10.2. The number of carboxylic acids is 1. The average molecular weight is 220 g/mol. The number of hydrazine groups is 1. The Bertz CT molecular complexity index is 261. The van der Waals surface area contributed by atoms with E-state index < -0.39 is 11.7 Å². The van der Waals surface area contributed by atoms with Crippen molar-refractivity contribution >= 4 is 17.6 Å². The summed E-state index contributed by atoms with van der Waals surface area (Å²) in [7, 11) is 0. The number of carbonyl (C=O) groups is 1. The molecule has 1 rings (SSSR count). The lowest BCUT2D eigenvalue weighted by Crippen LogP contribution is -2.39. The highest BCUT2D eigenvalue weighted by molar-refractivity contribution is 6.31. The first-order valence-electron chi connectivity index (χ1n) is 4.46. The molecule has 0 atom stereocenters. The summed E-state index contributed by atoms with van der Waals surface area (Å²) in [6.07, 6.45) is 4.05. The molecule has 0 bridgehead atoms. The summed E-state index contributed by atoms with van der Waals surface area (Å²) in [6.45, 7) is 0. The van der Waals surface area contributed by atoms with E-state index in [1.807, 2.05) is 0 Å². The Morgan fingerprint density at radius 3 is 2.36 bits per heavy atom. The van der Waals surface area contributed by atoms with E-state index in [1.165, 1.54) is 5.01 Å². The SMILES string of the molecule is N/C(C(=O)O)=C(/Cl)N(N)C1CCCC1. The van der Waals surface area contributed by atoms with Crippen LogP contribution in [0.4, 0.5) is 0 Å². The quantitative estimate of drug-likeness (QED) is 0.279. The van der Waals surface area contributed by atoms with Crippen LogP contribution in [0.1, 0.15) is 25.7 Å². The van der Waals surface area contributed by atoms with Gasteiger partial charge in [-0.1, -0.05) is 24.4 Å². The summed E-state index contributed by atoms with van der Waals surface area (Å²) in [4.78, 5) is 10.5. The van der Waals surface area contributed by atoms with Crippen molar-refractivity contribution in [1.82, 2.24) is 5.01 Å². The predicted molar refractivity (Wildman–Crippen MR) is 53.0 cm³/mol. The van der Waals surface area contributed by atoms with Gasteiger partial charge in [0.1, 0.15) is 5.16 Å². The van der Waals surface area contributed by atoms with Gasteiger partial charge in [-0.05, 0) is 12.8 Å². The number of aliphatic carboxylic acids is 1. The van der Waals surface area contributed by atoms with Gasteiger partial charge in [-0.25, -0.2) is 10.6 Å². The molecule has 0 aromatic carbocycles. The lowest BCUT2D eigenvalue weighted by molar-refractivity contribution is -0.132. The molecule has 1 saturated carbocycles. The van der Waals surface area contributed by atoms with E-state index in [2.05, 4.69) is 0 Å². The van der Waals surface area contributed by atoms with Crippen molar-refractivity contribution in [1.29, 1.82) is 0 Å². The molecule has 0 aromatic heterocycles. The van der Waals surface area contributed by atoms with Gasteiger partial charge in [0, 0.05) is 6.04 Å². The van der Waals surface area contributed by atoms with Crippen LogP contribution >= 0.6 is 11.6 Å². The number of hydrogen-bond donors (Lipinski definition) is 3. The predicted octanol–water partition coefficient (Wildman–Crippen LogP) is 0.556. The van der Waals surface area contributed by atoms with Gasteiger partial charge in [-0.2, -0.15) is 0 Å². The van der Waals surface area contributed by atoms with Gasteiger partial charge < -0.3 is 10.8 Å². The topological polar surface area (TPSA) is 92.6 Å². The molecule has 5 nitrogen and oxygen atoms in total. The van der Waals surface area contributed by atoms with Gasteiger partial charge in [0.2, 0.25) is 0 Å². The van der Waals surface area contributed by atoms with Crippen molar-refractivity contribution < 1.29 is 9.90 Å². The van der Waals surface area contributed by atoms with E-state index >= 15 is 0 Å². The zero-order chi connectivity index (χ0) is 10.7. The van der Waals surface area contributed by atoms with E-state index in [1.54, 1.807) is 0 Å². The van der Waals surface area contributed by atoms with Crippen LogP contribution in [0.3, 0.4) is 0 Å². The maximum atomic E-state index is 10.5. The summed E-state index contributed by atoms with van der Waals surface area (Å²) in [5, 5.41) is 9.78. The van der Waals surface area contributed by atoms with Crippen molar-refractivity contribution in [3.8, 4) is 0 Å². The Balaban J connectivity index is 2.72. The number of rotatable bonds is 3. The van der Waals surface area contributed by atoms with E-state index in [0.29, 0.717) is 0 Å². The van der Waals surface area contributed by atoms with Crippen molar-refractivity contribution in [2.45, 2.75) is 31.7 Å². The molecule has 1 aliphatic rings. The lowest BCUT2D eigenvalue weighted by Gasteiger charge is -2.24. The van der Waals surface area contributed by atoms with Gasteiger partial charge in [0.05, 0.1) is 0 Å². The molecule has 0 amide bonds. The summed E-state index contributed by atoms with van der Waals surface area (Å²) in [5.74, 6) is 4.41. The summed E-state index contributed by atoms with van der Waals surface area (Å²) in [6, 6.07) is 0.111. The van der Waals surface area contributed by atoms with E-state index in [4.69, 9.17) is 28.3 Å². The fraction of sp³-hybridized carbons (Fsp3) is 0.625. The maximum absolute atomic E-state index is 10.5. The minimum absolute atomic E-state index is 0.0793. The van der Waals surface area contributed by atoms with Crippen LogP contribution in [-0.4, -0.2) is 22.1 Å². The first kappa shape index (κ1) is 11.1. The second-order valence-electron chi connectivity index (χ2n) is 3.36. The summed E-state index contributed by atoms with van der Waals surface area (Å²) in [5.41, 5.74) is 4.85. The number of halogens is 1. The van der Waals surface area contributed by atoms with Crippen molar-refractivity contribution in [3.63, 3.8) is 0 Å². The van der Waals surface area contributed by atoms with Crippen LogP contribution in [0, 0.1) is 0 Å². The zero-order valence-electron chi connectivity index (χ0n) is 7.74. The van der Waals surface area contributed by atoms with Crippen molar-refractivity contribution in [3.05, 3.63) is 10.9 Å². The van der Waals surface area contributed by atoms with Gasteiger partial charge >= 0.3 is 5.97 Å². The van der Waals surface area contributed by atoms with Crippen LogP contribution in [-0.2, 0) is 4.79 Å².